The van der Waals surface area contributed by atoms with Crippen molar-refractivity contribution in [3.63, 3.8) is 0 Å². The van der Waals surface area contributed by atoms with E-state index < -0.39 is 0 Å². The molecule has 0 bridgehead atoms. The van der Waals surface area contributed by atoms with Gasteiger partial charge in [-0.3, -0.25) is 4.99 Å². The van der Waals surface area contributed by atoms with Crippen LogP contribution in [0.3, 0.4) is 0 Å². The van der Waals surface area contributed by atoms with Crippen LogP contribution in [0.1, 0.15) is 35.2 Å². The number of benzene rings is 4. The van der Waals surface area contributed by atoms with Crippen LogP contribution in [0.5, 0.6) is 0 Å². The van der Waals surface area contributed by atoms with Crippen LogP contribution < -0.4 is 0 Å². The van der Waals surface area contributed by atoms with E-state index in [0.717, 1.165) is 33.6 Å². The van der Waals surface area contributed by atoms with E-state index in [1.165, 1.54) is 21.9 Å². The number of amidine groups is 1. The zero-order valence-corrected chi connectivity index (χ0v) is 19.5. The van der Waals surface area contributed by atoms with Gasteiger partial charge in [0, 0.05) is 17.2 Å². The van der Waals surface area contributed by atoms with Crippen LogP contribution in [0.15, 0.2) is 107 Å². The van der Waals surface area contributed by atoms with Gasteiger partial charge < -0.3 is 0 Å². The summed E-state index contributed by atoms with van der Waals surface area (Å²) < 4.78 is 0. The Morgan fingerprint density at radius 1 is 0.788 bits per heavy atom. The van der Waals surface area contributed by atoms with Crippen molar-refractivity contribution in [1.82, 2.24) is 5.01 Å². The Balaban J connectivity index is 1.39. The van der Waals surface area contributed by atoms with Gasteiger partial charge in [0.1, 0.15) is 0 Å². The van der Waals surface area contributed by atoms with Gasteiger partial charge in [-0.15, -0.1) is 0 Å². The molecular formula is C28H22ClN3S. The SMILES string of the molecule is Clc1ccc(C2=NN(C3=NC(c4ccccc4)CS3)C(c3ccc4ccccc4c3)C2)cc1. The lowest BCUT2D eigenvalue weighted by atomic mass is 9.96. The molecule has 33 heavy (non-hydrogen) atoms. The van der Waals surface area contributed by atoms with Crippen LogP contribution >= 0.6 is 23.4 Å². The third-order valence-corrected chi connectivity index (χ3v) is 7.55. The van der Waals surface area contributed by atoms with Gasteiger partial charge in [0.05, 0.1) is 17.8 Å². The Bertz CT molecular complexity index is 1370. The summed E-state index contributed by atoms with van der Waals surface area (Å²) in [7, 11) is 0. The van der Waals surface area contributed by atoms with E-state index >= 15 is 0 Å². The molecule has 0 fully saturated rings. The largest absolute Gasteiger partial charge is 0.252 e. The highest BCUT2D eigenvalue weighted by molar-refractivity contribution is 8.14. The highest BCUT2D eigenvalue weighted by atomic mass is 35.5. The minimum absolute atomic E-state index is 0.112. The van der Waals surface area contributed by atoms with Gasteiger partial charge in [0.2, 0.25) is 0 Å². The fourth-order valence-electron chi connectivity index (χ4n) is 4.51. The van der Waals surface area contributed by atoms with Crippen molar-refractivity contribution < 1.29 is 0 Å². The molecule has 2 unspecified atom stereocenters. The average molecular weight is 468 g/mol. The first-order valence-corrected chi connectivity index (χ1v) is 12.5. The number of nitrogens with zero attached hydrogens (tertiary/aromatic N) is 3. The van der Waals surface area contributed by atoms with Crippen LogP contribution in [-0.4, -0.2) is 21.6 Å². The summed E-state index contributed by atoms with van der Waals surface area (Å²) in [5.74, 6) is 0.937. The molecule has 0 spiro atoms. The Morgan fingerprint density at radius 3 is 2.36 bits per heavy atom. The van der Waals surface area contributed by atoms with Crippen molar-refractivity contribution in [3.8, 4) is 0 Å². The summed E-state index contributed by atoms with van der Waals surface area (Å²) in [6.45, 7) is 0. The Labute approximate surface area is 202 Å². The molecule has 0 aromatic heterocycles. The van der Waals surface area contributed by atoms with Crippen LogP contribution in [0.25, 0.3) is 10.8 Å². The molecule has 6 rings (SSSR count). The number of hydrazone groups is 1. The minimum atomic E-state index is 0.112. The van der Waals surface area contributed by atoms with E-state index in [4.69, 9.17) is 21.7 Å². The second-order valence-corrected chi connectivity index (χ2v) is 9.80. The standard InChI is InChI=1S/C28H22ClN3S/c29-24-14-12-21(13-15-24)25-17-27(23-11-10-19-6-4-5-9-22(19)16-23)32(31-25)28-30-26(18-33-28)20-7-2-1-3-8-20/h1-16,26-27H,17-18H2. The first kappa shape index (κ1) is 20.5. The van der Waals surface area contributed by atoms with Crippen molar-refractivity contribution in [2.75, 3.05) is 5.75 Å². The number of hydrogen-bond donors (Lipinski definition) is 0. The molecular weight excluding hydrogens is 446 g/mol. The molecule has 4 aromatic rings. The van der Waals surface area contributed by atoms with Crippen molar-refractivity contribution in [2.45, 2.75) is 18.5 Å². The van der Waals surface area contributed by atoms with Gasteiger partial charge in [0.25, 0.3) is 0 Å². The zero-order chi connectivity index (χ0) is 22.2. The lowest BCUT2D eigenvalue weighted by Gasteiger charge is -2.23. The highest BCUT2D eigenvalue weighted by Crippen LogP contribution is 2.40. The molecule has 2 atom stereocenters. The first-order valence-electron chi connectivity index (χ1n) is 11.1. The third kappa shape index (κ3) is 4.05. The Morgan fingerprint density at radius 2 is 1.55 bits per heavy atom. The molecule has 0 N–H and O–H groups in total. The highest BCUT2D eigenvalue weighted by Gasteiger charge is 2.35. The molecule has 4 aromatic carbocycles. The Kier molecular flexibility index (Phi) is 5.41. The maximum absolute atomic E-state index is 6.13. The van der Waals surface area contributed by atoms with Crippen molar-refractivity contribution >= 4 is 45.0 Å². The van der Waals surface area contributed by atoms with Gasteiger partial charge in [-0.25, -0.2) is 5.01 Å². The number of fused-ring (bicyclic) bond motifs is 1. The smallest absolute Gasteiger partial charge is 0.181 e. The number of aliphatic imine (C=N–C) groups is 1. The average Bonchev–Trinajstić information content (AvgIpc) is 3.53. The fourth-order valence-corrected chi connectivity index (χ4v) is 5.71. The van der Waals surface area contributed by atoms with Crippen molar-refractivity contribution in [3.05, 3.63) is 119 Å². The van der Waals surface area contributed by atoms with Gasteiger partial charge in [0.15, 0.2) is 5.17 Å². The summed E-state index contributed by atoms with van der Waals surface area (Å²) >= 11 is 7.92. The predicted octanol–water partition coefficient (Wildman–Crippen LogP) is 7.49. The molecule has 0 saturated heterocycles. The zero-order valence-electron chi connectivity index (χ0n) is 17.9. The number of thioether (sulfide) groups is 1. The molecule has 0 aliphatic carbocycles. The van der Waals surface area contributed by atoms with E-state index in [9.17, 15) is 0 Å². The normalized spacial score (nSPS) is 20.2. The predicted molar refractivity (Wildman–Crippen MR) is 140 cm³/mol. The molecule has 2 heterocycles. The van der Waals surface area contributed by atoms with Crippen LogP contribution in [0.4, 0.5) is 0 Å². The van der Waals surface area contributed by atoms with Gasteiger partial charge in [-0.2, -0.15) is 5.10 Å². The molecule has 0 radical (unpaired) electrons. The van der Waals surface area contributed by atoms with Gasteiger partial charge >= 0.3 is 0 Å². The molecule has 2 aliphatic rings. The van der Waals surface area contributed by atoms with E-state index in [-0.39, 0.29) is 12.1 Å². The van der Waals surface area contributed by atoms with E-state index in [1.54, 1.807) is 11.8 Å². The second-order valence-electron chi connectivity index (χ2n) is 8.37. The summed E-state index contributed by atoms with van der Waals surface area (Å²) in [6.07, 6.45) is 0.829. The molecule has 0 saturated carbocycles. The minimum Gasteiger partial charge on any atom is -0.252 e. The summed E-state index contributed by atoms with van der Waals surface area (Å²) in [5, 5.41) is 11.5. The molecule has 2 aliphatic heterocycles. The number of rotatable bonds is 3. The molecule has 5 heteroatoms. The van der Waals surface area contributed by atoms with E-state index in [2.05, 4.69) is 89.9 Å². The third-order valence-electron chi connectivity index (χ3n) is 6.26. The topological polar surface area (TPSA) is 28.0 Å². The van der Waals surface area contributed by atoms with E-state index in [0.29, 0.717) is 0 Å². The molecule has 0 amide bonds. The monoisotopic (exact) mass is 467 g/mol. The number of hydrogen-bond acceptors (Lipinski definition) is 4. The van der Waals surface area contributed by atoms with Crippen LogP contribution in [0.2, 0.25) is 5.02 Å². The summed E-state index contributed by atoms with van der Waals surface area (Å²) in [6, 6.07) is 34.0. The quantitative estimate of drug-likeness (QED) is 0.312. The number of halogens is 1. The second kappa shape index (κ2) is 8.69. The van der Waals surface area contributed by atoms with Crippen molar-refractivity contribution in [1.29, 1.82) is 0 Å². The van der Waals surface area contributed by atoms with Crippen molar-refractivity contribution in [2.24, 2.45) is 10.1 Å². The molecule has 162 valence electrons. The summed E-state index contributed by atoms with van der Waals surface area (Å²) in [5.41, 5.74) is 4.68. The maximum atomic E-state index is 6.13. The first-order chi connectivity index (χ1) is 16.2. The molecule has 3 nitrogen and oxygen atoms in total. The Hall–Kier alpha value is -3.08. The van der Waals surface area contributed by atoms with Crippen LogP contribution in [-0.2, 0) is 0 Å². The van der Waals surface area contributed by atoms with Gasteiger partial charge in [-0.05, 0) is 45.7 Å². The maximum Gasteiger partial charge on any atom is 0.181 e. The lowest BCUT2D eigenvalue weighted by molar-refractivity contribution is 0.376. The van der Waals surface area contributed by atoms with E-state index in [1.807, 2.05) is 12.1 Å². The lowest BCUT2D eigenvalue weighted by Crippen LogP contribution is -2.23. The van der Waals surface area contributed by atoms with Gasteiger partial charge in [-0.1, -0.05) is 102 Å². The fraction of sp³-hybridized carbons (Fsp3) is 0.143. The summed E-state index contributed by atoms with van der Waals surface area (Å²) in [4.78, 5) is 5.10. The van der Waals surface area contributed by atoms with Crippen LogP contribution in [0, 0.1) is 0 Å².